The highest BCUT2D eigenvalue weighted by atomic mass is 35.5. The molecule has 1 unspecified atom stereocenters. The molecule has 1 atom stereocenters. The van der Waals surface area contributed by atoms with Crippen molar-refractivity contribution in [3.05, 3.63) is 58.6 Å². The molecule has 1 heterocycles. The van der Waals surface area contributed by atoms with E-state index in [1.807, 2.05) is 49.5 Å². The number of hydrogen-bond acceptors (Lipinski definition) is 3. The van der Waals surface area contributed by atoms with Crippen molar-refractivity contribution in [3.8, 4) is 0 Å². The number of carbonyl (C=O) groups excluding carboxylic acids is 1. The van der Waals surface area contributed by atoms with Crippen LogP contribution in [0.3, 0.4) is 0 Å². The van der Waals surface area contributed by atoms with Gasteiger partial charge in [0.05, 0.1) is 0 Å². The molecule has 1 aliphatic heterocycles. The van der Waals surface area contributed by atoms with Gasteiger partial charge >= 0.3 is 0 Å². The van der Waals surface area contributed by atoms with Crippen molar-refractivity contribution in [2.75, 3.05) is 17.3 Å². The number of rotatable bonds is 3. The third-order valence-corrected chi connectivity index (χ3v) is 3.90. The summed E-state index contributed by atoms with van der Waals surface area (Å²) in [5, 5.41) is 3.53. The van der Waals surface area contributed by atoms with Crippen molar-refractivity contribution in [3.63, 3.8) is 0 Å². The molecule has 0 aromatic heterocycles. The fourth-order valence-electron chi connectivity index (χ4n) is 2.51. The molecule has 3 rings (SSSR count). The molecule has 5 heteroatoms. The van der Waals surface area contributed by atoms with E-state index in [0.29, 0.717) is 0 Å². The summed E-state index contributed by atoms with van der Waals surface area (Å²) in [6.45, 7) is 0.735. The minimum Gasteiger partial charge on any atom is -0.370 e. The van der Waals surface area contributed by atoms with E-state index >= 15 is 0 Å². The Morgan fingerprint density at radius 2 is 2.10 bits per heavy atom. The SMILES string of the molecule is CN(Cc1cccc(Cl)c1)c1ccc2c(c1)NC(=O)C2N. The van der Waals surface area contributed by atoms with E-state index in [-0.39, 0.29) is 5.91 Å². The summed E-state index contributed by atoms with van der Waals surface area (Å²) in [5.74, 6) is -0.153. The third-order valence-electron chi connectivity index (χ3n) is 3.66. The maximum absolute atomic E-state index is 11.6. The maximum Gasteiger partial charge on any atom is 0.245 e. The molecule has 0 saturated heterocycles. The monoisotopic (exact) mass is 301 g/mol. The van der Waals surface area contributed by atoms with Crippen LogP contribution >= 0.6 is 11.6 Å². The van der Waals surface area contributed by atoms with Gasteiger partial charge in [0.15, 0.2) is 0 Å². The lowest BCUT2D eigenvalue weighted by Crippen LogP contribution is -2.19. The number of nitrogens with zero attached hydrogens (tertiary/aromatic N) is 1. The zero-order chi connectivity index (χ0) is 15.0. The highest BCUT2D eigenvalue weighted by Gasteiger charge is 2.27. The van der Waals surface area contributed by atoms with Crippen molar-refractivity contribution < 1.29 is 4.79 Å². The molecule has 0 bridgehead atoms. The van der Waals surface area contributed by atoms with Crippen molar-refractivity contribution in [1.82, 2.24) is 0 Å². The first-order chi connectivity index (χ1) is 10.0. The second-order valence-corrected chi connectivity index (χ2v) is 5.66. The van der Waals surface area contributed by atoms with Crippen LogP contribution in [0.2, 0.25) is 5.02 Å². The topological polar surface area (TPSA) is 58.4 Å². The molecular weight excluding hydrogens is 286 g/mol. The van der Waals surface area contributed by atoms with Gasteiger partial charge < -0.3 is 16.0 Å². The Labute approximate surface area is 128 Å². The zero-order valence-electron chi connectivity index (χ0n) is 11.6. The quantitative estimate of drug-likeness (QED) is 0.916. The van der Waals surface area contributed by atoms with Crippen LogP contribution in [0, 0.1) is 0 Å². The molecule has 108 valence electrons. The lowest BCUT2D eigenvalue weighted by atomic mass is 10.1. The van der Waals surface area contributed by atoms with Gasteiger partial charge in [0.2, 0.25) is 5.91 Å². The summed E-state index contributed by atoms with van der Waals surface area (Å²) >= 11 is 6.00. The summed E-state index contributed by atoms with van der Waals surface area (Å²) in [4.78, 5) is 13.7. The molecule has 1 aliphatic rings. The second-order valence-electron chi connectivity index (χ2n) is 5.22. The molecule has 3 N–H and O–H groups in total. The Hall–Kier alpha value is -2.04. The summed E-state index contributed by atoms with van der Waals surface area (Å²) in [6, 6.07) is 13.0. The Kier molecular flexibility index (Phi) is 3.57. The molecule has 0 saturated carbocycles. The largest absolute Gasteiger partial charge is 0.370 e. The molecule has 0 spiro atoms. The lowest BCUT2D eigenvalue weighted by Gasteiger charge is -2.20. The Morgan fingerprint density at radius 3 is 2.86 bits per heavy atom. The normalized spacial score (nSPS) is 16.5. The highest BCUT2D eigenvalue weighted by Crippen LogP contribution is 2.32. The van der Waals surface area contributed by atoms with Gasteiger partial charge in [0.1, 0.15) is 6.04 Å². The second kappa shape index (κ2) is 5.39. The summed E-state index contributed by atoms with van der Waals surface area (Å²) in [5.41, 5.74) is 9.61. The van der Waals surface area contributed by atoms with Crippen LogP contribution in [0.1, 0.15) is 17.2 Å². The van der Waals surface area contributed by atoms with Crippen LogP contribution < -0.4 is 16.0 Å². The minimum absolute atomic E-state index is 0.153. The van der Waals surface area contributed by atoms with Gasteiger partial charge in [-0.15, -0.1) is 0 Å². The smallest absolute Gasteiger partial charge is 0.245 e. The predicted octanol–water partition coefficient (Wildman–Crippen LogP) is 2.93. The Morgan fingerprint density at radius 1 is 1.29 bits per heavy atom. The molecule has 2 aromatic carbocycles. The van der Waals surface area contributed by atoms with E-state index in [4.69, 9.17) is 17.3 Å². The maximum atomic E-state index is 11.6. The lowest BCUT2D eigenvalue weighted by molar-refractivity contribution is -0.116. The summed E-state index contributed by atoms with van der Waals surface area (Å²) < 4.78 is 0. The van der Waals surface area contributed by atoms with Gasteiger partial charge in [0.25, 0.3) is 0 Å². The van der Waals surface area contributed by atoms with Crippen LogP contribution in [-0.2, 0) is 11.3 Å². The number of benzene rings is 2. The first-order valence-corrected chi connectivity index (χ1v) is 7.08. The van der Waals surface area contributed by atoms with Gasteiger partial charge in [-0.1, -0.05) is 29.8 Å². The molecule has 0 radical (unpaired) electrons. The number of fused-ring (bicyclic) bond motifs is 1. The van der Waals surface area contributed by atoms with Crippen molar-refractivity contribution in [2.45, 2.75) is 12.6 Å². The molecule has 0 fully saturated rings. The van der Waals surface area contributed by atoms with E-state index in [1.54, 1.807) is 0 Å². The third kappa shape index (κ3) is 2.73. The van der Waals surface area contributed by atoms with Gasteiger partial charge in [-0.2, -0.15) is 0 Å². The fraction of sp³-hybridized carbons (Fsp3) is 0.188. The number of halogens is 1. The molecule has 4 nitrogen and oxygen atoms in total. The number of hydrogen-bond donors (Lipinski definition) is 2. The van der Waals surface area contributed by atoms with Gasteiger partial charge in [-0.3, -0.25) is 4.79 Å². The van der Waals surface area contributed by atoms with Crippen LogP contribution in [0.5, 0.6) is 0 Å². The summed E-state index contributed by atoms with van der Waals surface area (Å²) in [6.07, 6.45) is 0. The average Bonchev–Trinajstić information content (AvgIpc) is 2.73. The predicted molar refractivity (Wildman–Crippen MR) is 85.6 cm³/mol. The average molecular weight is 302 g/mol. The van der Waals surface area contributed by atoms with Gasteiger partial charge in [-0.05, 0) is 29.8 Å². The fourth-order valence-corrected chi connectivity index (χ4v) is 2.73. The number of nitrogens with one attached hydrogen (secondary N) is 1. The van der Waals surface area contributed by atoms with Crippen LogP contribution in [0.4, 0.5) is 11.4 Å². The molecule has 2 aromatic rings. The number of carbonyl (C=O) groups is 1. The van der Waals surface area contributed by atoms with E-state index < -0.39 is 6.04 Å². The van der Waals surface area contributed by atoms with E-state index in [0.717, 1.165) is 34.1 Å². The van der Waals surface area contributed by atoms with Crippen molar-refractivity contribution >= 4 is 28.9 Å². The minimum atomic E-state index is -0.563. The van der Waals surface area contributed by atoms with Crippen LogP contribution in [0.15, 0.2) is 42.5 Å². The highest BCUT2D eigenvalue weighted by molar-refractivity contribution is 6.30. The molecule has 0 aliphatic carbocycles. The summed E-state index contributed by atoms with van der Waals surface area (Å²) in [7, 11) is 2.00. The molecule has 21 heavy (non-hydrogen) atoms. The first kappa shape index (κ1) is 13.9. The number of anilines is 2. The number of amides is 1. The Balaban J connectivity index is 1.81. The van der Waals surface area contributed by atoms with Crippen molar-refractivity contribution in [2.24, 2.45) is 5.73 Å². The van der Waals surface area contributed by atoms with Gasteiger partial charge in [-0.25, -0.2) is 0 Å². The van der Waals surface area contributed by atoms with Crippen LogP contribution in [-0.4, -0.2) is 13.0 Å². The van der Waals surface area contributed by atoms with Gasteiger partial charge in [0, 0.05) is 35.6 Å². The van der Waals surface area contributed by atoms with E-state index in [1.165, 1.54) is 0 Å². The molecule has 1 amide bonds. The van der Waals surface area contributed by atoms with Crippen molar-refractivity contribution in [1.29, 1.82) is 0 Å². The first-order valence-electron chi connectivity index (χ1n) is 6.70. The molecular formula is C16H16ClN3O. The standard InChI is InChI=1S/C16H16ClN3O/c1-20(9-10-3-2-4-11(17)7-10)12-5-6-13-14(8-12)19-16(21)15(13)18/h2-8,15H,9,18H2,1H3,(H,19,21). The zero-order valence-corrected chi connectivity index (χ0v) is 12.4. The number of nitrogens with two attached hydrogens (primary N) is 1. The van der Waals surface area contributed by atoms with Crippen LogP contribution in [0.25, 0.3) is 0 Å². The Bertz CT molecular complexity index is 702. The van der Waals surface area contributed by atoms with E-state index in [2.05, 4.69) is 10.2 Å². The van der Waals surface area contributed by atoms with E-state index in [9.17, 15) is 4.79 Å².